The Labute approximate surface area is 100 Å². The maximum Gasteiger partial charge on any atom is 0.320 e. The van der Waals surface area contributed by atoms with Crippen LogP contribution in [0.3, 0.4) is 0 Å². The molecular weight excluding hydrogens is 222 g/mol. The van der Waals surface area contributed by atoms with Gasteiger partial charge in [-0.2, -0.15) is 0 Å². The van der Waals surface area contributed by atoms with E-state index in [0.717, 1.165) is 16.8 Å². The zero-order chi connectivity index (χ0) is 12.3. The highest BCUT2D eigenvalue weighted by molar-refractivity contribution is 7.80. The molecule has 0 atom stereocenters. The van der Waals surface area contributed by atoms with Gasteiger partial charge in [0.15, 0.2) is 5.11 Å². The molecule has 0 aromatic heterocycles. The predicted octanol–water partition coefficient (Wildman–Crippen LogP) is 2.01. The lowest BCUT2D eigenvalue weighted by atomic mass is 10.1. The molecule has 16 heavy (non-hydrogen) atoms. The van der Waals surface area contributed by atoms with Gasteiger partial charge in [-0.25, -0.2) is 4.79 Å². The number of nitrogens with one attached hydrogen (secondary N) is 1. The molecule has 0 radical (unpaired) electrons. The van der Waals surface area contributed by atoms with E-state index in [-0.39, 0.29) is 0 Å². The number of rotatable bonds is 1. The molecule has 0 saturated carbocycles. The fourth-order valence-electron chi connectivity index (χ4n) is 1.30. The summed E-state index contributed by atoms with van der Waals surface area (Å²) in [5, 5.41) is 3.31. The molecule has 0 aliphatic heterocycles. The van der Waals surface area contributed by atoms with Crippen LogP contribution in [0, 0.1) is 13.8 Å². The Hall–Kier alpha value is -1.62. The van der Waals surface area contributed by atoms with Gasteiger partial charge in [0.05, 0.1) is 0 Å². The summed E-state index contributed by atoms with van der Waals surface area (Å²) < 4.78 is 0. The van der Waals surface area contributed by atoms with Crippen molar-refractivity contribution in [2.75, 3.05) is 12.4 Å². The highest BCUT2D eigenvalue weighted by Crippen LogP contribution is 2.19. The Kier molecular flexibility index (Phi) is 3.84. The molecule has 2 amide bonds. The first-order valence-corrected chi connectivity index (χ1v) is 5.24. The second-order valence-corrected chi connectivity index (χ2v) is 3.98. The van der Waals surface area contributed by atoms with Crippen molar-refractivity contribution in [2.24, 2.45) is 5.73 Å². The minimum atomic E-state index is -0.580. The number of urea groups is 1. The summed E-state index contributed by atoms with van der Waals surface area (Å²) in [4.78, 5) is 12.1. The summed E-state index contributed by atoms with van der Waals surface area (Å²) in [5.41, 5.74) is 8.18. The number of para-hydroxylation sites is 1. The Morgan fingerprint density at radius 3 is 2.31 bits per heavy atom. The molecule has 0 aliphatic carbocycles. The molecule has 0 spiro atoms. The largest absolute Gasteiger partial charge is 0.351 e. The van der Waals surface area contributed by atoms with Crippen LogP contribution in [0.2, 0.25) is 0 Å². The van der Waals surface area contributed by atoms with E-state index >= 15 is 0 Å². The minimum Gasteiger partial charge on any atom is -0.351 e. The lowest BCUT2D eigenvalue weighted by Gasteiger charge is -2.19. The van der Waals surface area contributed by atoms with E-state index in [4.69, 9.17) is 18.0 Å². The van der Waals surface area contributed by atoms with Gasteiger partial charge < -0.3 is 11.1 Å². The average molecular weight is 237 g/mol. The summed E-state index contributed by atoms with van der Waals surface area (Å²) in [6.45, 7) is 3.95. The maximum atomic E-state index is 10.9. The lowest BCUT2D eigenvalue weighted by molar-refractivity contribution is 0.236. The van der Waals surface area contributed by atoms with Gasteiger partial charge in [0.2, 0.25) is 0 Å². The summed E-state index contributed by atoms with van der Waals surface area (Å²) >= 11 is 5.07. The Bertz CT molecular complexity index is 411. The molecule has 86 valence electrons. The van der Waals surface area contributed by atoms with E-state index in [2.05, 4.69) is 5.32 Å². The van der Waals surface area contributed by atoms with Crippen LogP contribution in [0.5, 0.6) is 0 Å². The van der Waals surface area contributed by atoms with Crippen LogP contribution in [0.1, 0.15) is 11.1 Å². The number of thiocarbonyl (C=S) groups is 1. The number of primary amides is 1. The highest BCUT2D eigenvalue weighted by atomic mass is 32.1. The number of anilines is 1. The van der Waals surface area contributed by atoms with E-state index in [1.54, 1.807) is 0 Å². The number of carbonyl (C=O) groups is 1. The molecule has 0 unspecified atom stereocenters. The van der Waals surface area contributed by atoms with Crippen molar-refractivity contribution in [3.05, 3.63) is 29.3 Å². The first-order valence-electron chi connectivity index (χ1n) is 4.84. The fraction of sp³-hybridized carbons (Fsp3) is 0.273. The van der Waals surface area contributed by atoms with Gasteiger partial charge in [0, 0.05) is 12.7 Å². The number of hydrogen-bond acceptors (Lipinski definition) is 2. The standard InChI is InChI=1S/C11H15N3OS/c1-7-5-4-6-8(2)9(7)13-11(16)14(3)10(12)15/h4-6H,1-3H3,(H2,12,15)(H,13,16). The number of nitrogens with two attached hydrogens (primary N) is 1. The van der Waals surface area contributed by atoms with Gasteiger partial charge in [-0.15, -0.1) is 0 Å². The molecule has 4 nitrogen and oxygen atoms in total. The van der Waals surface area contributed by atoms with E-state index in [1.807, 2.05) is 32.0 Å². The molecule has 1 aromatic carbocycles. The van der Waals surface area contributed by atoms with Crippen LogP contribution in [0.4, 0.5) is 10.5 Å². The van der Waals surface area contributed by atoms with Crippen molar-refractivity contribution in [1.29, 1.82) is 0 Å². The van der Waals surface area contributed by atoms with Crippen molar-refractivity contribution >= 4 is 29.0 Å². The number of aryl methyl sites for hydroxylation is 2. The zero-order valence-corrected chi connectivity index (χ0v) is 10.4. The summed E-state index contributed by atoms with van der Waals surface area (Å²) in [7, 11) is 1.53. The van der Waals surface area contributed by atoms with E-state index in [9.17, 15) is 4.79 Å². The molecule has 1 aromatic rings. The second-order valence-electron chi connectivity index (χ2n) is 3.59. The molecular formula is C11H15N3OS. The van der Waals surface area contributed by atoms with Crippen LogP contribution in [0.25, 0.3) is 0 Å². The van der Waals surface area contributed by atoms with Crippen LogP contribution < -0.4 is 11.1 Å². The zero-order valence-electron chi connectivity index (χ0n) is 9.57. The third kappa shape index (κ3) is 2.70. The number of amides is 2. The summed E-state index contributed by atoms with van der Waals surface area (Å²) in [6, 6.07) is 5.34. The van der Waals surface area contributed by atoms with Crippen molar-refractivity contribution in [3.8, 4) is 0 Å². The van der Waals surface area contributed by atoms with E-state index in [0.29, 0.717) is 5.11 Å². The molecule has 0 bridgehead atoms. The first kappa shape index (κ1) is 12.4. The smallest absolute Gasteiger partial charge is 0.320 e. The Morgan fingerprint density at radius 1 is 1.38 bits per heavy atom. The number of hydrogen-bond donors (Lipinski definition) is 2. The number of benzene rings is 1. The van der Waals surface area contributed by atoms with Gasteiger partial charge in [-0.05, 0) is 37.2 Å². The average Bonchev–Trinajstić information content (AvgIpc) is 2.22. The Morgan fingerprint density at radius 2 is 1.88 bits per heavy atom. The van der Waals surface area contributed by atoms with Gasteiger partial charge in [0.1, 0.15) is 0 Å². The number of nitrogens with zero attached hydrogens (tertiary/aromatic N) is 1. The van der Waals surface area contributed by atoms with Crippen LogP contribution in [0.15, 0.2) is 18.2 Å². The highest BCUT2D eigenvalue weighted by Gasteiger charge is 2.11. The topological polar surface area (TPSA) is 58.4 Å². The fourth-order valence-corrected chi connectivity index (χ4v) is 1.49. The maximum absolute atomic E-state index is 10.9. The van der Waals surface area contributed by atoms with Crippen LogP contribution in [-0.2, 0) is 0 Å². The van der Waals surface area contributed by atoms with Crippen LogP contribution >= 0.6 is 12.2 Å². The van der Waals surface area contributed by atoms with Gasteiger partial charge in [-0.1, -0.05) is 18.2 Å². The molecule has 1 rings (SSSR count). The van der Waals surface area contributed by atoms with Crippen molar-refractivity contribution in [3.63, 3.8) is 0 Å². The van der Waals surface area contributed by atoms with E-state index in [1.165, 1.54) is 11.9 Å². The monoisotopic (exact) mass is 237 g/mol. The molecule has 0 aliphatic rings. The van der Waals surface area contributed by atoms with Crippen molar-refractivity contribution in [2.45, 2.75) is 13.8 Å². The predicted molar refractivity (Wildman–Crippen MR) is 69.5 cm³/mol. The second kappa shape index (κ2) is 4.94. The summed E-state index contributed by atoms with van der Waals surface area (Å²) in [5.74, 6) is 0. The van der Waals surface area contributed by atoms with Gasteiger partial charge in [-0.3, -0.25) is 4.90 Å². The van der Waals surface area contributed by atoms with Gasteiger partial charge in [0.25, 0.3) is 0 Å². The van der Waals surface area contributed by atoms with Crippen LogP contribution in [-0.4, -0.2) is 23.1 Å². The third-order valence-electron chi connectivity index (χ3n) is 2.35. The normalized spacial score (nSPS) is 9.69. The quantitative estimate of drug-likeness (QED) is 0.735. The first-order chi connectivity index (χ1) is 7.43. The SMILES string of the molecule is Cc1cccc(C)c1NC(=S)N(C)C(N)=O. The summed E-state index contributed by atoms with van der Waals surface area (Å²) in [6.07, 6.45) is 0. The molecule has 0 saturated heterocycles. The molecule has 3 N–H and O–H groups in total. The molecule has 5 heteroatoms. The Balaban J connectivity index is 2.89. The molecule has 0 fully saturated rings. The van der Waals surface area contributed by atoms with Crippen molar-refractivity contribution in [1.82, 2.24) is 4.90 Å². The number of carbonyl (C=O) groups excluding carboxylic acids is 1. The lowest BCUT2D eigenvalue weighted by Crippen LogP contribution is -2.40. The van der Waals surface area contributed by atoms with Gasteiger partial charge >= 0.3 is 6.03 Å². The van der Waals surface area contributed by atoms with E-state index < -0.39 is 6.03 Å². The molecule has 0 heterocycles. The third-order valence-corrected chi connectivity index (χ3v) is 2.72. The van der Waals surface area contributed by atoms with Crippen molar-refractivity contribution < 1.29 is 4.79 Å². The minimum absolute atomic E-state index is 0.296.